The summed E-state index contributed by atoms with van der Waals surface area (Å²) >= 11 is 1.53. The summed E-state index contributed by atoms with van der Waals surface area (Å²) in [5.41, 5.74) is 0. The Morgan fingerprint density at radius 2 is 2.17 bits per heavy atom. The van der Waals surface area contributed by atoms with Gasteiger partial charge >= 0.3 is 0 Å². The maximum Gasteiger partial charge on any atom is 0.0330 e. The first kappa shape index (κ1) is 10.4. The minimum Gasteiger partial charge on any atom is -0.299 e. The molecule has 2 N–H and O–H groups in total. The van der Waals surface area contributed by atoms with E-state index in [1.807, 2.05) is 0 Å². The number of hydrogen-bond acceptors (Lipinski definition) is 3. The van der Waals surface area contributed by atoms with Crippen molar-refractivity contribution in [1.29, 1.82) is 0 Å². The van der Waals surface area contributed by atoms with Crippen molar-refractivity contribution in [3.63, 3.8) is 0 Å². The molecule has 1 heterocycles. The highest BCUT2D eigenvalue weighted by atomic mass is 32.2. The molecule has 0 saturated carbocycles. The molecule has 0 radical (unpaired) electrons. The molecule has 1 saturated heterocycles. The van der Waals surface area contributed by atoms with Crippen LogP contribution in [0.15, 0.2) is 0 Å². The predicted octanol–water partition coefficient (Wildman–Crippen LogP) is 1.86. The zero-order valence-electron chi connectivity index (χ0n) is 8.12. The fraction of sp³-hybridized carbons (Fsp3) is 1.00. The number of likely N-dealkylation sites (tertiary alicyclic amines) is 1. The van der Waals surface area contributed by atoms with Gasteiger partial charge in [0, 0.05) is 17.8 Å². The molecule has 0 bridgehead atoms. The Kier molecular flexibility index (Phi) is 4.40. The summed E-state index contributed by atoms with van der Waals surface area (Å²) in [6.07, 6.45) is 3.83. The van der Waals surface area contributed by atoms with Crippen LogP contribution in [0.3, 0.4) is 0 Å². The van der Waals surface area contributed by atoms with Crippen LogP contribution in [0.25, 0.3) is 0 Å². The first-order valence-electron chi connectivity index (χ1n) is 4.91. The van der Waals surface area contributed by atoms with E-state index in [-0.39, 0.29) is 0 Å². The van der Waals surface area contributed by atoms with E-state index in [1.165, 1.54) is 44.3 Å². The molecule has 0 aliphatic carbocycles. The molecule has 0 aromatic heterocycles. The van der Waals surface area contributed by atoms with Crippen molar-refractivity contribution >= 4 is 11.9 Å². The van der Waals surface area contributed by atoms with E-state index in [2.05, 4.69) is 18.7 Å². The average Bonchev–Trinajstić information content (AvgIpc) is 2.55. The van der Waals surface area contributed by atoms with E-state index < -0.39 is 0 Å². The van der Waals surface area contributed by atoms with Gasteiger partial charge in [-0.1, -0.05) is 25.8 Å². The Labute approximate surface area is 80.0 Å². The molecule has 72 valence electrons. The summed E-state index contributed by atoms with van der Waals surface area (Å²) < 4.78 is 0. The molecule has 3 heteroatoms. The van der Waals surface area contributed by atoms with Crippen molar-refractivity contribution in [1.82, 2.24) is 4.90 Å². The first-order valence-corrected chi connectivity index (χ1v) is 5.85. The second-order valence-corrected chi connectivity index (χ2v) is 4.45. The van der Waals surface area contributed by atoms with Gasteiger partial charge in [0.15, 0.2) is 0 Å². The largest absolute Gasteiger partial charge is 0.299 e. The van der Waals surface area contributed by atoms with Crippen LogP contribution >= 0.6 is 11.9 Å². The minimum absolute atomic E-state index is 0.686. The Bertz CT molecular complexity index is 126. The average molecular weight is 188 g/mol. The molecule has 0 aromatic rings. The molecule has 1 unspecified atom stereocenters. The highest BCUT2D eigenvalue weighted by Crippen LogP contribution is 2.22. The SMILES string of the molecule is CCC(CC)N1CCC(SN)C1. The lowest BCUT2D eigenvalue weighted by Crippen LogP contribution is -2.32. The van der Waals surface area contributed by atoms with Crippen molar-refractivity contribution in [3.8, 4) is 0 Å². The first-order chi connectivity index (χ1) is 5.81. The van der Waals surface area contributed by atoms with Gasteiger partial charge in [-0.3, -0.25) is 10.0 Å². The van der Waals surface area contributed by atoms with Gasteiger partial charge in [0.25, 0.3) is 0 Å². The van der Waals surface area contributed by atoms with E-state index in [9.17, 15) is 0 Å². The van der Waals surface area contributed by atoms with Crippen LogP contribution in [-0.2, 0) is 0 Å². The van der Waals surface area contributed by atoms with Crippen molar-refractivity contribution in [3.05, 3.63) is 0 Å². The fourth-order valence-electron chi connectivity index (χ4n) is 2.00. The number of hydrogen-bond donors (Lipinski definition) is 1. The molecule has 1 aliphatic rings. The Balaban J connectivity index is 2.34. The Hall–Kier alpha value is 0.270. The highest BCUT2D eigenvalue weighted by Gasteiger charge is 2.25. The molecular formula is C9H20N2S. The summed E-state index contributed by atoms with van der Waals surface area (Å²) in [4.78, 5) is 2.59. The van der Waals surface area contributed by atoms with Gasteiger partial charge in [-0.15, -0.1) is 0 Å². The fourth-order valence-corrected chi connectivity index (χ4v) is 2.52. The number of rotatable bonds is 4. The molecule has 1 fully saturated rings. The summed E-state index contributed by atoms with van der Waals surface area (Å²) in [5.74, 6) is 0. The van der Waals surface area contributed by atoms with E-state index in [0.717, 1.165) is 6.04 Å². The summed E-state index contributed by atoms with van der Waals surface area (Å²) in [7, 11) is 0. The molecule has 1 aliphatic heterocycles. The van der Waals surface area contributed by atoms with Gasteiger partial charge in [0.1, 0.15) is 0 Å². The summed E-state index contributed by atoms with van der Waals surface area (Å²) in [6, 6.07) is 0.794. The van der Waals surface area contributed by atoms with Crippen molar-refractivity contribution in [2.45, 2.75) is 44.4 Å². The van der Waals surface area contributed by atoms with Gasteiger partial charge in [-0.25, -0.2) is 0 Å². The lowest BCUT2D eigenvalue weighted by atomic mass is 10.1. The smallest absolute Gasteiger partial charge is 0.0330 e. The molecule has 1 rings (SSSR count). The number of nitrogens with zero attached hydrogens (tertiary/aromatic N) is 1. The second-order valence-electron chi connectivity index (χ2n) is 3.51. The zero-order valence-corrected chi connectivity index (χ0v) is 8.94. The molecule has 12 heavy (non-hydrogen) atoms. The molecule has 0 spiro atoms. The Morgan fingerprint density at radius 3 is 2.58 bits per heavy atom. The monoisotopic (exact) mass is 188 g/mol. The van der Waals surface area contributed by atoms with Gasteiger partial charge in [-0.05, 0) is 25.8 Å². The lowest BCUT2D eigenvalue weighted by molar-refractivity contribution is 0.231. The van der Waals surface area contributed by atoms with E-state index >= 15 is 0 Å². The van der Waals surface area contributed by atoms with Gasteiger partial charge in [0.2, 0.25) is 0 Å². The topological polar surface area (TPSA) is 29.3 Å². The lowest BCUT2D eigenvalue weighted by Gasteiger charge is -2.25. The van der Waals surface area contributed by atoms with Crippen molar-refractivity contribution < 1.29 is 0 Å². The maximum absolute atomic E-state index is 5.57. The molecule has 0 aromatic carbocycles. The third kappa shape index (κ3) is 2.38. The van der Waals surface area contributed by atoms with Crippen LogP contribution in [0.4, 0.5) is 0 Å². The van der Waals surface area contributed by atoms with Crippen LogP contribution in [-0.4, -0.2) is 29.3 Å². The summed E-state index contributed by atoms with van der Waals surface area (Å²) in [6.45, 7) is 7.00. The maximum atomic E-state index is 5.57. The Morgan fingerprint density at radius 1 is 1.50 bits per heavy atom. The van der Waals surface area contributed by atoms with Crippen molar-refractivity contribution in [2.75, 3.05) is 13.1 Å². The van der Waals surface area contributed by atoms with Crippen LogP contribution in [0.5, 0.6) is 0 Å². The van der Waals surface area contributed by atoms with Crippen LogP contribution in [0.2, 0.25) is 0 Å². The second kappa shape index (κ2) is 5.10. The molecule has 2 nitrogen and oxygen atoms in total. The van der Waals surface area contributed by atoms with E-state index in [4.69, 9.17) is 5.14 Å². The third-order valence-electron chi connectivity index (χ3n) is 2.83. The van der Waals surface area contributed by atoms with Gasteiger partial charge in [-0.2, -0.15) is 0 Å². The minimum atomic E-state index is 0.686. The molecular weight excluding hydrogens is 168 g/mol. The third-order valence-corrected chi connectivity index (χ3v) is 3.60. The standard InChI is InChI=1S/C9H20N2S/c1-3-8(4-2)11-6-5-9(7-11)12-10/h8-9H,3-7,10H2,1-2H3. The van der Waals surface area contributed by atoms with Gasteiger partial charge in [0.05, 0.1) is 0 Å². The van der Waals surface area contributed by atoms with Crippen LogP contribution < -0.4 is 5.14 Å². The quantitative estimate of drug-likeness (QED) is 0.683. The van der Waals surface area contributed by atoms with Crippen LogP contribution in [0.1, 0.15) is 33.1 Å². The summed E-state index contributed by atoms with van der Waals surface area (Å²) in [5, 5.41) is 6.25. The molecule has 1 atom stereocenters. The highest BCUT2D eigenvalue weighted by molar-refractivity contribution is 7.97. The number of nitrogens with two attached hydrogens (primary N) is 1. The van der Waals surface area contributed by atoms with Gasteiger partial charge < -0.3 is 0 Å². The van der Waals surface area contributed by atoms with Crippen molar-refractivity contribution in [2.24, 2.45) is 5.14 Å². The van der Waals surface area contributed by atoms with E-state index in [1.54, 1.807) is 0 Å². The molecule has 0 amide bonds. The van der Waals surface area contributed by atoms with E-state index in [0.29, 0.717) is 5.25 Å². The zero-order chi connectivity index (χ0) is 8.97. The normalized spacial score (nSPS) is 25.5. The predicted molar refractivity (Wildman–Crippen MR) is 56.1 cm³/mol. The van der Waals surface area contributed by atoms with Crippen LogP contribution in [0, 0.1) is 0 Å².